The number of carbonyl (C=O) groups is 1. The van der Waals surface area contributed by atoms with Gasteiger partial charge in [0.05, 0.1) is 11.7 Å². The quantitative estimate of drug-likeness (QED) is 0.381. The van der Waals surface area contributed by atoms with E-state index in [-0.39, 0.29) is 42.2 Å². The first kappa shape index (κ1) is 28.1. The van der Waals surface area contributed by atoms with Gasteiger partial charge in [0, 0.05) is 11.8 Å². The van der Waals surface area contributed by atoms with Gasteiger partial charge in [-0.1, -0.05) is 17.3 Å². The molecule has 0 bridgehead atoms. The standard InChI is InChI=1S/C25H29F3N6O5/c1-14(21-32-20(33-39-21)16-7-6-8-17(11-16)37-13-25(26,27)28)30-22-29-10-9-19(31-22)34-18(12-36-23(34)35)15(2)38-24(3,4)5/h6-11,14-15,18H,12-13H2,1-5H3,(H,29,30,31)/t14-,15+,18?/m0/s1. The molecule has 1 unspecified atom stereocenters. The number of benzene rings is 1. The van der Waals surface area contributed by atoms with Crippen LogP contribution in [-0.4, -0.2) is 63.3 Å². The highest BCUT2D eigenvalue weighted by molar-refractivity contribution is 5.89. The zero-order valence-corrected chi connectivity index (χ0v) is 22.0. The van der Waals surface area contributed by atoms with Crippen molar-refractivity contribution in [1.29, 1.82) is 0 Å². The van der Waals surface area contributed by atoms with Crippen molar-refractivity contribution < 1.29 is 36.7 Å². The molecule has 3 atom stereocenters. The van der Waals surface area contributed by atoms with Gasteiger partial charge in [0.15, 0.2) is 6.61 Å². The molecule has 1 aliphatic heterocycles. The van der Waals surface area contributed by atoms with Gasteiger partial charge < -0.3 is 24.1 Å². The molecular formula is C25H29F3N6O5. The summed E-state index contributed by atoms with van der Waals surface area (Å²) in [6.45, 7) is 8.16. The van der Waals surface area contributed by atoms with E-state index in [2.05, 4.69) is 25.4 Å². The Morgan fingerprint density at radius 1 is 1.18 bits per heavy atom. The van der Waals surface area contributed by atoms with E-state index in [1.54, 1.807) is 19.1 Å². The van der Waals surface area contributed by atoms with Crippen LogP contribution in [-0.2, 0) is 9.47 Å². The number of aromatic nitrogens is 4. The Kier molecular flexibility index (Phi) is 7.95. The molecule has 3 heterocycles. The Morgan fingerprint density at radius 2 is 1.95 bits per heavy atom. The molecule has 210 valence electrons. The van der Waals surface area contributed by atoms with E-state index in [0.717, 1.165) is 0 Å². The summed E-state index contributed by atoms with van der Waals surface area (Å²) in [5.41, 5.74) is 0.00512. The fourth-order valence-electron chi connectivity index (χ4n) is 3.91. The van der Waals surface area contributed by atoms with Crippen molar-refractivity contribution in [2.24, 2.45) is 0 Å². The largest absolute Gasteiger partial charge is 0.484 e. The number of nitrogens with zero attached hydrogens (tertiary/aromatic N) is 5. The minimum Gasteiger partial charge on any atom is -0.484 e. The molecular weight excluding hydrogens is 521 g/mol. The van der Waals surface area contributed by atoms with Crippen LogP contribution in [0.1, 0.15) is 46.6 Å². The van der Waals surface area contributed by atoms with Crippen LogP contribution in [0.3, 0.4) is 0 Å². The Labute approximate surface area is 222 Å². The number of amides is 1. The van der Waals surface area contributed by atoms with Crippen molar-refractivity contribution in [2.75, 3.05) is 23.4 Å². The number of hydrogen-bond acceptors (Lipinski definition) is 10. The van der Waals surface area contributed by atoms with Crippen LogP contribution in [0.25, 0.3) is 11.4 Å². The van der Waals surface area contributed by atoms with Gasteiger partial charge in [-0.15, -0.1) is 0 Å². The Balaban J connectivity index is 1.46. The number of rotatable bonds is 9. The molecule has 14 heteroatoms. The molecule has 1 fully saturated rings. The summed E-state index contributed by atoms with van der Waals surface area (Å²) in [7, 11) is 0. The molecule has 11 nitrogen and oxygen atoms in total. The molecule has 3 aromatic rings. The monoisotopic (exact) mass is 550 g/mol. The van der Waals surface area contributed by atoms with Gasteiger partial charge in [-0.3, -0.25) is 4.90 Å². The van der Waals surface area contributed by atoms with E-state index >= 15 is 0 Å². The summed E-state index contributed by atoms with van der Waals surface area (Å²) in [6.07, 6.45) is -3.81. The van der Waals surface area contributed by atoms with Crippen LogP contribution in [0.5, 0.6) is 5.75 Å². The van der Waals surface area contributed by atoms with Gasteiger partial charge in [-0.05, 0) is 52.8 Å². The highest BCUT2D eigenvalue weighted by Crippen LogP contribution is 2.28. The fourth-order valence-corrected chi connectivity index (χ4v) is 3.91. The summed E-state index contributed by atoms with van der Waals surface area (Å²) in [6, 6.07) is 6.61. The summed E-state index contributed by atoms with van der Waals surface area (Å²) < 4.78 is 58.8. The van der Waals surface area contributed by atoms with Crippen LogP contribution < -0.4 is 15.0 Å². The van der Waals surface area contributed by atoms with Crippen LogP contribution >= 0.6 is 0 Å². The summed E-state index contributed by atoms with van der Waals surface area (Å²) in [5.74, 6) is 0.907. The van der Waals surface area contributed by atoms with Gasteiger partial charge >= 0.3 is 12.3 Å². The van der Waals surface area contributed by atoms with Crippen LogP contribution in [0.2, 0.25) is 0 Å². The fraction of sp³-hybridized carbons (Fsp3) is 0.480. The van der Waals surface area contributed by atoms with Crippen molar-refractivity contribution in [3.63, 3.8) is 0 Å². The van der Waals surface area contributed by atoms with E-state index < -0.39 is 30.5 Å². The average molecular weight is 551 g/mol. The van der Waals surface area contributed by atoms with E-state index in [1.807, 2.05) is 27.7 Å². The minimum atomic E-state index is -4.45. The number of cyclic esters (lactones) is 1. The average Bonchev–Trinajstić information content (AvgIpc) is 3.49. The van der Waals surface area contributed by atoms with Crippen LogP contribution in [0.4, 0.5) is 29.7 Å². The van der Waals surface area contributed by atoms with Crippen molar-refractivity contribution in [3.05, 3.63) is 42.4 Å². The topological polar surface area (TPSA) is 125 Å². The predicted octanol–water partition coefficient (Wildman–Crippen LogP) is 5.17. The molecule has 0 saturated carbocycles. The number of ether oxygens (including phenoxy) is 3. The Bertz CT molecular complexity index is 1300. The van der Waals surface area contributed by atoms with Crippen molar-refractivity contribution in [1.82, 2.24) is 20.1 Å². The molecule has 2 aromatic heterocycles. The number of halogens is 3. The lowest BCUT2D eigenvalue weighted by Gasteiger charge is -2.31. The van der Waals surface area contributed by atoms with Crippen molar-refractivity contribution in [2.45, 2.75) is 64.6 Å². The first-order valence-corrected chi connectivity index (χ1v) is 12.2. The van der Waals surface area contributed by atoms with E-state index in [1.165, 1.54) is 29.3 Å². The molecule has 0 radical (unpaired) electrons. The maximum atomic E-state index is 12.5. The summed E-state index contributed by atoms with van der Waals surface area (Å²) >= 11 is 0. The van der Waals surface area contributed by atoms with Crippen LogP contribution in [0, 0.1) is 0 Å². The van der Waals surface area contributed by atoms with E-state index in [9.17, 15) is 18.0 Å². The normalized spacial score (nSPS) is 17.6. The number of nitrogens with one attached hydrogen (secondary N) is 1. The zero-order chi connectivity index (χ0) is 28.4. The second-order valence-electron chi connectivity index (χ2n) is 9.94. The molecule has 39 heavy (non-hydrogen) atoms. The molecule has 0 aliphatic carbocycles. The van der Waals surface area contributed by atoms with Crippen molar-refractivity contribution >= 4 is 17.9 Å². The molecule has 0 spiro atoms. The Morgan fingerprint density at radius 3 is 2.67 bits per heavy atom. The lowest BCUT2D eigenvalue weighted by atomic mass is 10.1. The van der Waals surface area contributed by atoms with Crippen molar-refractivity contribution in [3.8, 4) is 17.1 Å². The second kappa shape index (κ2) is 11.0. The maximum Gasteiger partial charge on any atom is 0.422 e. The maximum absolute atomic E-state index is 12.5. The summed E-state index contributed by atoms with van der Waals surface area (Å²) in [5, 5.41) is 6.97. The van der Waals surface area contributed by atoms with Gasteiger partial charge in [0.2, 0.25) is 17.7 Å². The van der Waals surface area contributed by atoms with Gasteiger partial charge in [0.25, 0.3) is 0 Å². The first-order chi connectivity index (χ1) is 18.3. The predicted molar refractivity (Wildman–Crippen MR) is 133 cm³/mol. The Hall–Kier alpha value is -3.94. The lowest BCUT2D eigenvalue weighted by molar-refractivity contribution is -0.153. The third kappa shape index (κ3) is 7.34. The molecule has 1 saturated heterocycles. The smallest absolute Gasteiger partial charge is 0.422 e. The molecule has 1 aliphatic rings. The van der Waals surface area contributed by atoms with Gasteiger partial charge in [-0.25, -0.2) is 9.78 Å². The molecule has 4 rings (SSSR count). The molecule has 1 aromatic carbocycles. The first-order valence-electron chi connectivity index (χ1n) is 12.2. The molecule has 1 N–H and O–H groups in total. The zero-order valence-electron chi connectivity index (χ0n) is 22.0. The number of alkyl halides is 3. The van der Waals surface area contributed by atoms with Gasteiger partial charge in [0.1, 0.15) is 30.3 Å². The third-order valence-electron chi connectivity index (χ3n) is 5.53. The minimum absolute atomic E-state index is 0.0218. The lowest BCUT2D eigenvalue weighted by Crippen LogP contribution is -2.45. The number of carbonyl (C=O) groups excluding carboxylic acids is 1. The highest BCUT2D eigenvalue weighted by Gasteiger charge is 2.40. The SMILES string of the molecule is C[C@H](Nc1nccc(N2C(=O)OCC2[C@@H](C)OC(C)(C)C)n1)c1nc(-c2cccc(OCC(F)(F)F)c2)no1. The number of anilines is 2. The summed E-state index contributed by atoms with van der Waals surface area (Å²) in [4.78, 5) is 27.0. The van der Waals surface area contributed by atoms with E-state index in [0.29, 0.717) is 11.4 Å². The third-order valence-corrected chi connectivity index (χ3v) is 5.53. The highest BCUT2D eigenvalue weighted by atomic mass is 19.4. The van der Waals surface area contributed by atoms with Gasteiger partial charge in [-0.2, -0.15) is 23.1 Å². The molecule has 1 amide bonds. The number of hydrogen-bond donors (Lipinski definition) is 1. The van der Waals surface area contributed by atoms with E-state index in [4.69, 9.17) is 18.7 Å². The second-order valence-corrected chi connectivity index (χ2v) is 9.94. The van der Waals surface area contributed by atoms with Crippen LogP contribution in [0.15, 0.2) is 41.1 Å².